The van der Waals surface area contributed by atoms with Crippen molar-refractivity contribution in [2.45, 2.75) is 19.9 Å². The van der Waals surface area contributed by atoms with E-state index in [4.69, 9.17) is 4.74 Å². The first-order valence-corrected chi connectivity index (χ1v) is 11.7. The second-order valence-corrected chi connectivity index (χ2v) is 9.37. The predicted octanol–water partition coefficient (Wildman–Crippen LogP) is 3.64. The molecule has 0 spiro atoms. The first-order valence-electron chi connectivity index (χ1n) is 9.23. The summed E-state index contributed by atoms with van der Waals surface area (Å²) in [6, 6.07) is 10.9. The van der Waals surface area contributed by atoms with Crippen molar-refractivity contribution in [3.8, 4) is 0 Å². The number of hydrogen-bond donors (Lipinski definition) is 1. The van der Waals surface area contributed by atoms with E-state index in [1.54, 1.807) is 24.6 Å². The van der Waals surface area contributed by atoms with Crippen LogP contribution >= 0.6 is 38.6 Å². The van der Waals surface area contributed by atoms with E-state index in [0.717, 1.165) is 15.0 Å². The highest BCUT2D eigenvalue weighted by molar-refractivity contribution is 9.10. The van der Waals surface area contributed by atoms with Crippen LogP contribution in [0.2, 0.25) is 0 Å². The number of nitrogens with zero attached hydrogens (tertiary/aromatic N) is 2. The molecule has 154 valence electrons. The van der Waals surface area contributed by atoms with Gasteiger partial charge >= 0.3 is 5.97 Å². The molecule has 2 aromatic heterocycles. The Morgan fingerprint density at radius 1 is 1.33 bits per heavy atom. The summed E-state index contributed by atoms with van der Waals surface area (Å²) in [7, 11) is 0. The number of hydrogen-bond acceptors (Lipinski definition) is 7. The zero-order valence-corrected chi connectivity index (χ0v) is 19.4. The van der Waals surface area contributed by atoms with Crippen molar-refractivity contribution in [2.75, 3.05) is 11.9 Å². The van der Waals surface area contributed by atoms with Crippen LogP contribution in [0.5, 0.6) is 0 Å². The van der Waals surface area contributed by atoms with Crippen molar-refractivity contribution in [3.63, 3.8) is 0 Å². The minimum atomic E-state index is -0.546. The lowest BCUT2D eigenvalue weighted by Crippen LogP contribution is -2.39. The van der Waals surface area contributed by atoms with Gasteiger partial charge in [0.15, 0.2) is 4.80 Å². The zero-order chi connectivity index (χ0) is 21.3. The molecule has 4 rings (SSSR count). The Labute approximate surface area is 189 Å². The monoisotopic (exact) mass is 503 g/mol. The number of rotatable bonds is 5. The number of ether oxygens (including phenoxy) is 1. The summed E-state index contributed by atoms with van der Waals surface area (Å²) >= 11 is 6.19. The van der Waals surface area contributed by atoms with Crippen LogP contribution in [0.3, 0.4) is 0 Å². The first-order chi connectivity index (χ1) is 14.5. The number of nitrogens with one attached hydrogen (secondary N) is 1. The molecule has 0 amide bonds. The van der Waals surface area contributed by atoms with Crippen molar-refractivity contribution in [3.05, 3.63) is 82.1 Å². The third-order valence-electron chi connectivity index (χ3n) is 4.54. The summed E-state index contributed by atoms with van der Waals surface area (Å²) in [6.45, 7) is 3.80. The summed E-state index contributed by atoms with van der Waals surface area (Å²) in [5.74, 6) is -0.445. The number of aromatic nitrogens is 1. The normalized spacial score (nSPS) is 16.2. The molecule has 0 saturated carbocycles. The lowest BCUT2D eigenvalue weighted by molar-refractivity contribution is -0.139. The fourth-order valence-corrected chi connectivity index (χ4v) is 5.26. The van der Waals surface area contributed by atoms with Crippen molar-refractivity contribution in [2.24, 2.45) is 4.99 Å². The Balaban J connectivity index is 1.83. The third kappa shape index (κ3) is 3.92. The number of esters is 1. The number of fused-ring (bicyclic) bond motifs is 1. The number of carbonyl (C=O) groups excluding carboxylic acids is 1. The maximum Gasteiger partial charge on any atom is 0.338 e. The maximum absolute atomic E-state index is 13.3. The summed E-state index contributed by atoms with van der Waals surface area (Å²) in [4.78, 5) is 32.0. The number of allylic oxidation sites excluding steroid dienone is 1. The van der Waals surface area contributed by atoms with Gasteiger partial charge in [-0.2, -0.15) is 0 Å². The van der Waals surface area contributed by atoms with Gasteiger partial charge in [0.2, 0.25) is 0 Å². The van der Waals surface area contributed by atoms with Crippen LogP contribution in [0.4, 0.5) is 5.69 Å². The van der Waals surface area contributed by atoms with E-state index >= 15 is 0 Å². The van der Waals surface area contributed by atoms with E-state index in [2.05, 4.69) is 26.2 Å². The second-order valence-electron chi connectivity index (χ2n) is 6.47. The SMILES string of the molecule is CCOC(=O)C1=C(C)N=c2sc(=CNc3ccc(Br)cc3)c(=O)n2[C@H]1c1cccs1. The Morgan fingerprint density at radius 2 is 2.10 bits per heavy atom. The second kappa shape index (κ2) is 8.71. The molecule has 1 aromatic carbocycles. The molecule has 3 aromatic rings. The van der Waals surface area contributed by atoms with Crippen molar-refractivity contribution >= 4 is 56.5 Å². The van der Waals surface area contributed by atoms with Gasteiger partial charge in [0.25, 0.3) is 5.56 Å². The summed E-state index contributed by atoms with van der Waals surface area (Å²) < 4.78 is 8.34. The number of halogens is 1. The van der Waals surface area contributed by atoms with Crippen LogP contribution in [0, 0.1) is 0 Å². The molecule has 3 heterocycles. The molecule has 30 heavy (non-hydrogen) atoms. The molecule has 0 bridgehead atoms. The highest BCUT2D eigenvalue weighted by Gasteiger charge is 2.33. The Bertz CT molecular complexity index is 1290. The molecular formula is C21H18BrN3O3S2. The van der Waals surface area contributed by atoms with E-state index in [9.17, 15) is 9.59 Å². The standard InChI is InChI=1S/C21H18BrN3O3S2/c1-3-28-20(27)17-12(2)24-21-25(18(17)15-5-4-10-29-15)19(26)16(30-21)11-23-14-8-6-13(22)7-9-14/h4-11,18,23H,3H2,1-2H3/t18-/m0/s1. The van der Waals surface area contributed by atoms with E-state index in [1.165, 1.54) is 22.7 Å². The quantitative estimate of drug-likeness (QED) is 0.539. The van der Waals surface area contributed by atoms with Crippen LogP contribution in [0.25, 0.3) is 6.20 Å². The summed E-state index contributed by atoms with van der Waals surface area (Å²) in [5.41, 5.74) is 1.64. The average molecular weight is 504 g/mol. The predicted molar refractivity (Wildman–Crippen MR) is 123 cm³/mol. The molecule has 0 radical (unpaired) electrons. The molecule has 1 atom stereocenters. The topological polar surface area (TPSA) is 72.7 Å². The Morgan fingerprint density at radius 3 is 2.77 bits per heavy atom. The Kier molecular flexibility index (Phi) is 6.03. The highest BCUT2D eigenvalue weighted by Crippen LogP contribution is 2.33. The van der Waals surface area contributed by atoms with Crippen LogP contribution in [0.15, 0.2) is 67.3 Å². The molecule has 0 aliphatic carbocycles. The lowest BCUT2D eigenvalue weighted by Gasteiger charge is -2.23. The number of anilines is 1. The summed E-state index contributed by atoms with van der Waals surface area (Å²) in [5, 5.41) is 5.09. The van der Waals surface area contributed by atoms with Gasteiger partial charge in [0.05, 0.1) is 17.9 Å². The van der Waals surface area contributed by atoms with Gasteiger partial charge in [-0.3, -0.25) is 9.36 Å². The molecule has 0 fully saturated rings. The maximum atomic E-state index is 13.3. The van der Waals surface area contributed by atoms with Crippen molar-refractivity contribution in [1.82, 2.24) is 4.57 Å². The average Bonchev–Trinajstić information content (AvgIpc) is 3.35. The Hall–Kier alpha value is -2.49. The van der Waals surface area contributed by atoms with Crippen LogP contribution in [-0.2, 0) is 9.53 Å². The molecule has 1 aliphatic rings. The van der Waals surface area contributed by atoms with Gasteiger partial charge in [-0.15, -0.1) is 11.3 Å². The number of carbonyl (C=O) groups is 1. The van der Waals surface area contributed by atoms with Gasteiger partial charge < -0.3 is 10.1 Å². The van der Waals surface area contributed by atoms with Gasteiger partial charge in [-0.1, -0.05) is 33.3 Å². The largest absolute Gasteiger partial charge is 0.463 e. The van der Waals surface area contributed by atoms with Gasteiger partial charge in [0, 0.05) is 21.2 Å². The molecule has 9 heteroatoms. The zero-order valence-electron chi connectivity index (χ0n) is 16.2. The van der Waals surface area contributed by atoms with E-state index < -0.39 is 12.0 Å². The molecule has 1 N–H and O–H groups in total. The van der Waals surface area contributed by atoms with E-state index in [0.29, 0.717) is 20.6 Å². The molecule has 0 unspecified atom stereocenters. The molecule has 1 aliphatic heterocycles. The van der Waals surface area contributed by atoms with Crippen molar-refractivity contribution < 1.29 is 9.53 Å². The van der Waals surface area contributed by atoms with E-state index in [1.807, 2.05) is 41.8 Å². The number of thiazole rings is 1. The van der Waals surface area contributed by atoms with Gasteiger partial charge in [0.1, 0.15) is 10.6 Å². The molecule has 6 nitrogen and oxygen atoms in total. The van der Waals surface area contributed by atoms with Crippen LogP contribution in [0.1, 0.15) is 24.8 Å². The van der Waals surface area contributed by atoms with Gasteiger partial charge in [-0.05, 0) is 49.6 Å². The first kappa shape index (κ1) is 20.8. The van der Waals surface area contributed by atoms with E-state index in [-0.39, 0.29) is 12.2 Å². The smallest absolute Gasteiger partial charge is 0.338 e. The van der Waals surface area contributed by atoms with Crippen LogP contribution in [-0.4, -0.2) is 17.1 Å². The minimum Gasteiger partial charge on any atom is -0.463 e. The number of benzene rings is 1. The fraction of sp³-hybridized carbons (Fsp3) is 0.190. The highest BCUT2D eigenvalue weighted by atomic mass is 79.9. The third-order valence-corrected chi connectivity index (χ3v) is 6.98. The summed E-state index contributed by atoms with van der Waals surface area (Å²) in [6.07, 6.45) is 1.68. The molecule has 0 saturated heterocycles. The molecular weight excluding hydrogens is 486 g/mol. The van der Waals surface area contributed by atoms with Crippen molar-refractivity contribution in [1.29, 1.82) is 0 Å². The number of thiophene rings is 1. The van der Waals surface area contributed by atoms with Gasteiger partial charge in [-0.25, -0.2) is 9.79 Å². The fourth-order valence-electron chi connectivity index (χ4n) is 3.20. The van der Waals surface area contributed by atoms with Crippen LogP contribution < -0.4 is 20.2 Å². The minimum absolute atomic E-state index is 0.198. The lowest BCUT2D eigenvalue weighted by atomic mass is 10.0.